The molecule has 2 aromatic carbocycles. The molecule has 0 saturated carbocycles. The number of piperidine rings is 1. The van der Waals surface area contributed by atoms with Gasteiger partial charge in [0.2, 0.25) is 10.0 Å². The van der Waals surface area contributed by atoms with E-state index in [9.17, 15) is 17.6 Å². The summed E-state index contributed by atoms with van der Waals surface area (Å²) in [6.07, 6.45) is 2.72. The smallest absolute Gasteiger partial charge is 0.252 e. The third-order valence-electron chi connectivity index (χ3n) is 5.13. The largest absolute Gasteiger partial charge is 0.345 e. The zero-order chi connectivity index (χ0) is 20.3. The molecule has 0 aromatic heterocycles. The van der Waals surface area contributed by atoms with Crippen molar-refractivity contribution in [1.29, 1.82) is 0 Å². The summed E-state index contributed by atoms with van der Waals surface area (Å²) < 4.78 is 41.3. The normalized spacial score (nSPS) is 16.5. The average Bonchev–Trinajstić information content (AvgIpc) is 2.69. The van der Waals surface area contributed by atoms with Crippen molar-refractivity contribution in [3.8, 4) is 0 Å². The molecule has 0 aliphatic carbocycles. The summed E-state index contributed by atoms with van der Waals surface area (Å²) in [4.78, 5) is 12.9. The van der Waals surface area contributed by atoms with Crippen molar-refractivity contribution in [2.75, 3.05) is 13.1 Å². The fourth-order valence-electron chi connectivity index (χ4n) is 3.44. The minimum atomic E-state index is -3.63. The molecule has 1 amide bonds. The fraction of sp³-hybridized carbons (Fsp3) is 0.381. The highest BCUT2D eigenvalue weighted by molar-refractivity contribution is 7.89. The summed E-state index contributed by atoms with van der Waals surface area (Å²) in [5.74, 6) is -0.822. The lowest BCUT2D eigenvalue weighted by Gasteiger charge is -2.26. The van der Waals surface area contributed by atoms with Gasteiger partial charge in [0, 0.05) is 24.2 Å². The molecule has 1 heterocycles. The second-order valence-corrected chi connectivity index (χ2v) is 9.10. The van der Waals surface area contributed by atoms with Crippen LogP contribution in [0.3, 0.4) is 0 Å². The van der Waals surface area contributed by atoms with Gasteiger partial charge in [0.15, 0.2) is 0 Å². The number of hydrogen-bond donors (Lipinski definition) is 1. The first kappa shape index (κ1) is 20.5. The Morgan fingerprint density at radius 2 is 1.79 bits per heavy atom. The van der Waals surface area contributed by atoms with Gasteiger partial charge in [-0.25, -0.2) is 12.8 Å². The van der Waals surface area contributed by atoms with Crippen LogP contribution in [0, 0.1) is 12.7 Å². The summed E-state index contributed by atoms with van der Waals surface area (Å²) in [6, 6.07) is 10.3. The number of hydrogen-bond acceptors (Lipinski definition) is 3. The number of nitrogens with one attached hydrogen (secondary N) is 1. The maximum absolute atomic E-state index is 14.0. The van der Waals surface area contributed by atoms with Gasteiger partial charge in [0.25, 0.3) is 5.91 Å². The summed E-state index contributed by atoms with van der Waals surface area (Å²) in [6.45, 7) is 4.45. The minimum Gasteiger partial charge on any atom is -0.345 e. The molecule has 1 saturated heterocycles. The molecule has 3 rings (SSSR count). The van der Waals surface area contributed by atoms with Crippen LogP contribution in [0.2, 0.25) is 0 Å². The van der Waals surface area contributed by atoms with E-state index < -0.39 is 27.8 Å². The van der Waals surface area contributed by atoms with Crippen LogP contribution in [0.1, 0.15) is 53.7 Å². The van der Waals surface area contributed by atoms with Gasteiger partial charge >= 0.3 is 0 Å². The van der Waals surface area contributed by atoms with E-state index in [4.69, 9.17) is 0 Å². The van der Waals surface area contributed by atoms with Crippen molar-refractivity contribution in [2.45, 2.75) is 44.0 Å². The molecule has 0 radical (unpaired) electrons. The number of amides is 1. The molecular formula is C21H25FN2O3S. The SMILES string of the molecule is Cc1ccc(S(=O)(=O)N2CCCCC2)cc1C(=O)NC(C)c1ccccc1F. The molecule has 7 heteroatoms. The van der Waals surface area contributed by atoms with Gasteiger partial charge in [-0.15, -0.1) is 0 Å². The van der Waals surface area contributed by atoms with Gasteiger partial charge in [-0.05, 0) is 50.5 Å². The van der Waals surface area contributed by atoms with Gasteiger partial charge in [-0.3, -0.25) is 4.79 Å². The third kappa shape index (κ3) is 4.25. The highest BCUT2D eigenvalue weighted by Gasteiger charge is 2.27. The van der Waals surface area contributed by atoms with Crippen LogP contribution < -0.4 is 5.32 Å². The molecule has 0 spiro atoms. The fourth-order valence-corrected chi connectivity index (χ4v) is 4.98. The second kappa shape index (κ2) is 8.41. The topological polar surface area (TPSA) is 66.5 Å². The molecule has 28 heavy (non-hydrogen) atoms. The van der Waals surface area contributed by atoms with E-state index in [0.717, 1.165) is 19.3 Å². The van der Waals surface area contributed by atoms with Gasteiger partial charge in [0.05, 0.1) is 10.9 Å². The summed E-state index contributed by atoms with van der Waals surface area (Å²) >= 11 is 0. The van der Waals surface area contributed by atoms with Gasteiger partial charge in [0.1, 0.15) is 5.82 Å². The maximum Gasteiger partial charge on any atom is 0.252 e. The zero-order valence-electron chi connectivity index (χ0n) is 16.1. The second-order valence-electron chi connectivity index (χ2n) is 7.16. The Kier molecular flexibility index (Phi) is 6.15. The lowest BCUT2D eigenvalue weighted by molar-refractivity contribution is 0.0938. The Labute approximate surface area is 165 Å². The average molecular weight is 405 g/mol. The Morgan fingerprint density at radius 1 is 1.11 bits per heavy atom. The van der Waals surface area contributed by atoms with Crippen molar-refractivity contribution in [3.63, 3.8) is 0 Å². The number of halogens is 1. The van der Waals surface area contributed by atoms with Crippen LogP contribution in [0.25, 0.3) is 0 Å². The number of nitrogens with zero attached hydrogens (tertiary/aromatic N) is 1. The molecule has 1 aliphatic heterocycles. The first-order valence-corrected chi connectivity index (χ1v) is 10.9. The molecule has 1 aliphatic rings. The van der Waals surface area contributed by atoms with Crippen LogP contribution in [0.5, 0.6) is 0 Å². The Hall–Kier alpha value is -2.25. The molecule has 0 bridgehead atoms. The van der Waals surface area contributed by atoms with Crippen molar-refractivity contribution in [3.05, 3.63) is 65.0 Å². The van der Waals surface area contributed by atoms with E-state index in [1.54, 1.807) is 38.1 Å². The van der Waals surface area contributed by atoms with E-state index >= 15 is 0 Å². The highest BCUT2D eigenvalue weighted by atomic mass is 32.2. The van der Waals surface area contributed by atoms with Crippen LogP contribution in [-0.2, 0) is 10.0 Å². The third-order valence-corrected chi connectivity index (χ3v) is 7.02. The summed E-state index contributed by atoms with van der Waals surface area (Å²) in [5.41, 5.74) is 1.32. The number of carbonyl (C=O) groups is 1. The standard InChI is InChI=1S/C21H25FN2O3S/c1-15-10-11-17(28(26,27)24-12-6-3-7-13-24)14-19(15)21(25)23-16(2)18-8-4-5-9-20(18)22/h4-5,8-11,14,16H,3,6-7,12-13H2,1-2H3,(H,23,25). The van der Waals surface area contributed by atoms with E-state index in [0.29, 0.717) is 24.2 Å². The summed E-state index contributed by atoms with van der Waals surface area (Å²) in [5, 5.41) is 2.76. The molecular weight excluding hydrogens is 379 g/mol. The predicted octanol–water partition coefficient (Wildman–Crippen LogP) is 3.80. The van der Waals surface area contributed by atoms with Crippen LogP contribution in [0.4, 0.5) is 4.39 Å². The quantitative estimate of drug-likeness (QED) is 0.824. The molecule has 2 aromatic rings. The monoisotopic (exact) mass is 404 g/mol. The van der Waals surface area contributed by atoms with E-state index in [2.05, 4.69) is 5.32 Å². The number of rotatable bonds is 5. The lowest BCUT2D eigenvalue weighted by Crippen LogP contribution is -2.36. The number of sulfonamides is 1. The molecule has 1 atom stereocenters. The molecule has 5 nitrogen and oxygen atoms in total. The van der Waals surface area contributed by atoms with E-state index in [1.165, 1.54) is 22.5 Å². The number of aryl methyl sites for hydroxylation is 1. The van der Waals surface area contributed by atoms with Crippen LogP contribution in [0.15, 0.2) is 47.4 Å². The van der Waals surface area contributed by atoms with Gasteiger partial charge < -0.3 is 5.32 Å². The molecule has 1 fully saturated rings. The van der Waals surface area contributed by atoms with Crippen LogP contribution in [-0.4, -0.2) is 31.7 Å². The van der Waals surface area contributed by atoms with Crippen molar-refractivity contribution >= 4 is 15.9 Å². The maximum atomic E-state index is 14.0. The molecule has 1 unspecified atom stereocenters. The van der Waals surface area contributed by atoms with E-state index in [1.807, 2.05) is 0 Å². The van der Waals surface area contributed by atoms with Crippen LogP contribution >= 0.6 is 0 Å². The van der Waals surface area contributed by atoms with Crippen molar-refractivity contribution in [1.82, 2.24) is 9.62 Å². The first-order valence-electron chi connectivity index (χ1n) is 9.47. The number of benzene rings is 2. The molecule has 150 valence electrons. The number of carbonyl (C=O) groups excluding carboxylic acids is 1. The lowest BCUT2D eigenvalue weighted by atomic mass is 10.1. The zero-order valence-corrected chi connectivity index (χ0v) is 16.9. The Morgan fingerprint density at radius 3 is 2.46 bits per heavy atom. The predicted molar refractivity (Wildman–Crippen MR) is 106 cm³/mol. The van der Waals surface area contributed by atoms with Gasteiger partial charge in [-0.2, -0.15) is 4.31 Å². The Bertz CT molecular complexity index is 969. The van der Waals surface area contributed by atoms with Crippen molar-refractivity contribution in [2.24, 2.45) is 0 Å². The van der Waals surface area contributed by atoms with Crippen molar-refractivity contribution < 1.29 is 17.6 Å². The highest BCUT2D eigenvalue weighted by Crippen LogP contribution is 2.24. The van der Waals surface area contributed by atoms with E-state index in [-0.39, 0.29) is 10.5 Å². The van der Waals surface area contributed by atoms with Gasteiger partial charge in [-0.1, -0.05) is 30.7 Å². The minimum absolute atomic E-state index is 0.115. The first-order chi connectivity index (χ1) is 13.3. The summed E-state index contributed by atoms with van der Waals surface area (Å²) in [7, 11) is -3.63. The Balaban J connectivity index is 1.85. The molecule has 1 N–H and O–H groups in total.